The van der Waals surface area contributed by atoms with Crippen LogP contribution < -0.4 is 0 Å². The summed E-state index contributed by atoms with van der Waals surface area (Å²) in [4.78, 5) is 2.00. The molecule has 0 aromatic heterocycles. The Kier molecular flexibility index (Phi) is 16.3. The Balaban J connectivity index is 0. The summed E-state index contributed by atoms with van der Waals surface area (Å²) in [7, 11) is 6.00. The maximum absolute atomic E-state index is 3.76. The predicted octanol–water partition coefficient (Wildman–Crippen LogP) is 6.50. The summed E-state index contributed by atoms with van der Waals surface area (Å²) >= 11 is 3.76. The van der Waals surface area contributed by atoms with Gasteiger partial charge >= 0.3 is 0 Å². The molecule has 0 heterocycles. The molecule has 20 heavy (non-hydrogen) atoms. The third-order valence-electron chi connectivity index (χ3n) is 3.66. The van der Waals surface area contributed by atoms with Crippen molar-refractivity contribution in [3.05, 3.63) is 0 Å². The molecule has 0 saturated carbocycles. The molecule has 124 valence electrons. The second-order valence-electron chi connectivity index (χ2n) is 7.07. The fourth-order valence-corrected chi connectivity index (χ4v) is 2.16. The molecule has 1 nitrogen and oxygen atoms in total. The first kappa shape index (κ1) is 22.7. The van der Waals surface area contributed by atoms with Crippen molar-refractivity contribution in [3.8, 4) is 0 Å². The number of halogens is 1. The molecule has 0 N–H and O–H groups in total. The van der Waals surface area contributed by atoms with E-state index in [2.05, 4.69) is 43.6 Å². The molecule has 0 radical (unpaired) electrons. The van der Waals surface area contributed by atoms with Gasteiger partial charge in [-0.1, -0.05) is 81.1 Å². The molecule has 0 aliphatic carbocycles. The smallest absolute Gasteiger partial charge is 0.0227 e. The fraction of sp³-hybridized carbons (Fsp3) is 1.00. The maximum Gasteiger partial charge on any atom is 0.0227 e. The maximum atomic E-state index is 3.76. The first-order valence-corrected chi connectivity index (χ1v) is 9.31. The van der Waals surface area contributed by atoms with E-state index in [0.29, 0.717) is 4.32 Å². The van der Waals surface area contributed by atoms with Gasteiger partial charge in [-0.2, -0.15) is 0 Å². The topological polar surface area (TPSA) is 3.24 Å². The number of hydrogen-bond acceptors (Lipinski definition) is 1. The van der Waals surface area contributed by atoms with E-state index < -0.39 is 0 Å². The monoisotopic (exact) mass is 349 g/mol. The SMILES string of the molecule is CCCCCCCCCCC(C)C(C)(C)Br.CN(C)C. The Bertz CT molecular complexity index is 182. The minimum absolute atomic E-state index is 0.314. The van der Waals surface area contributed by atoms with Gasteiger partial charge in [-0.3, -0.25) is 0 Å². The van der Waals surface area contributed by atoms with Gasteiger partial charge in [0.25, 0.3) is 0 Å². The van der Waals surface area contributed by atoms with E-state index in [1.807, 2.05) is 26.0 Å². The number of alkyl halides is 1. The first-order valence-electron chi connectivity index (χ1n) is 8.51. The van der Waals surface area contributed by atoms with Gasteiger partial charge in [0.15, 0.2) is 0 Å². The number of hydrogen-bond donors (Lipinski definition) is 0. The van der Waals surface area contributed by atoms with Crippen molar-refractivity contribution in [2.75, 3.05) is 21.1 Å². The minimum Gasteiger partial charge on any atom is -0.312 e. The van der Waals surface area contributed by atoms with Crippen LogP contribution in [0.4, 0.5) is 0 Å². The van der Waals surface area contributed by atoms with E-state index in [0.717, 1.165) is 5.92 Å². The van der Waals surface area contributed by atoms with Gasteiger partial charge < -0.3 is 4.90 Å². The van der Waals surface area contributed by atoms with E-state index in [1.54, 1.807) is 0 Å². The lowest BCUT2D eigenvalue weighted by Gasteiger charge is -2.25. The van der Waals surface area contributed by atoms with E-state index in [1.165, 1.54) is 57.8 Å². The van der Waals surface area contributed by atoms with Gasteiger partial charge in [0, 0.05) is 4.32 Å². The Morgan fingerprint density at radius 2 is 1.20 bits per heavy atom. The fourth-order valence-electron chi connectivity index (χ4n) is 1.93. The van der Waals surface area contributed by atoms with Crippen molar-refractivity contribution in [2.24, 2.45) is 5.92 Å². The molecule has 1 unspecified atom stereocenters. The summed E-state index contributed by atoms with van der Waals surface area (Å²) < 4.78 is 0.314. The van der Waals surface area contributed by atoms with Crippen LogP contribution >= 0.6 is 15.9 Å². The zero-order valence-corrected chi connectivity index (χ0v) is 16.9. The van der Waals surface area contributed by atoms with Crippen LogP contribution in [0.5, 0.6) is 0 Å². The van der Waals surface area contributed by atoms with E-state index >= 15 is 0 Å². The summed E-state index contributed by atoms with van der Waals surface area (Å²) in [5, 5.41) is 0. The van der Waals surface area contributed by atoms with Crippen molar-refractivity contribution >= 4 is 15.9 Å². The molecule has 0 fully saturated rings. The van der Waals surface area contributed by atoms with Crippen molar-refractivity contribution < 1.29 is 0 Å². The molecule has 2 heteroatoms. The molecular formula is C18H40BrN. The summed E-state index contributed by atoms with van der Waals surface area (Å²) in [6.07, 6.45) is 12.8. The summed E-state index contributed by atoms with van der Waals surface area (Å²) in [6, 6.07) is 0. The zero-order valence-electron chi connectivity index (χ0n) is 15.3. The van der Waals surface area contributed by atoms with Gasteiger partial charge in [-0.05, 0) is 47.3 Å². The average Bonchev–Trinajstić information content (AvgIpc) is 2.30. The highest BCUT2D eigenvalue weighted by atomic mass is 79.9. The molecule has 0 aromatic carbocycles. The third-order valence-corrected chi connectivity index (χ3v) is 4.44. The highest BCUT2D eigenvalue weighted by molar-refractivity contribution is 9.10. The summed E-state index contributed by atoms with van der Waals surface area (Å²) in [5.74, 6) is 0.785. The molecule has 0 amide bonds. The lowest BCUT2D eigenvalue weighted by Crippen LogP contribution is -2.20. The summed E-state index contributed by atoms with van der Waals surface area (Å²) in [5.41, 5.74) is 0. The lowest BCUT2D eigenvalue weighted by molar-refractivity contribution is 0.413. The van der Waals surface area contributed by atoms with Crippen LogP contribution in [0.1, 0.15) is 85.5 Å². The van der Waals surface area contributed by atoms with Crippen molar-refractivity contribution in [1.29, 1.82) is 0 Å². The predicted molar refractivity (Wildman–Crippen MR) is 99.0 cm³/mol. The Morgan fingerprint density at radius 3 is 1.55 bits per heavy atom. The molecule has 0 spiro atoms. The number of unbranched alkanes of at least 4 members (excludes halogenated alkanes) is 7. The normalized spacial score (nSPS) is 13.1. The van der Waals surface area contributed by atoms with Gasteiger partial charge in [0.05, 0.1) is 0 Å². The van der Waals surface area contributed by atoms with Crippen LogP contribution in [0, 0.1) is 5.92 Å². The van der Waals surface area contributed by atoms with Gasteiger partial charge in [-0.25, -0.2) is 0 Å². The molecule has 1 atom stereocenters. The molecule has 0 aromatic rings. The second kappa shape index (κ2) is 14.4. The van der Waals surface area contributed by atoms with E-state index in [4.69, 9.17) is 0 Å². The van der Waals surface area contributed by atoms with Gasteiger partial charge in [0.1, 0.15) is 0 Å². The third kappa shape index (κ3) is 20.8. The quantitative estimate of drug-likeness (QED) is 0.321. The van der Waals surface area contributed by atoms with Crippen LogP contribution in [0.15, 0.2) is 0 Å². The van der Waals surface area contributed by atoms with Crippen molar-refractivity contribution in [3.63, 3.8) is 0 Å². The zero-order chi connectivity index (χ0) is 16.0. The van der Waals surface area contributed by atoms with Crippen molar-refractivity contribution in [1.82, 2.24) is 4.90 Å². The molecule has 0 saturated heterocycles. The molecule has 0 bridgehead atoms. The highest BCUT2D eigenvalue weighted by Crippen LogP contribution is 2.30. The largest absolute Gasteiger partial charge is 0.312 e. The van der Waals surface area contributed by atoms with Crippen LogP contribution in [-0.4, -0.2) is 30.4 Å². The highest BCUT2D eigenvalue weighted by Gasteiger charge is 2.20. The van der Waals surface area contributed by atoms with Crippen LogP contribution in [0.2, 0.25) is 0 Å². The Hall–Kier alpha value is 0.440. The number of nitrogens with zero attached hydrogens (tertiary/aromatic N) is 1. The molecular weight excluding hydrogens is 310 g/mol. The van der Waals surface area contributed by atoms with Crippen LogP contribution in [0.25, 0.3) is 0 Å². The average molecular weight is 350 g/mol. The van der Waals surface area contributed by atoms with Crippen LogP contribution in [-0.2, 0) is 0 Å². The van der Waals surface area contributed by atoms with E-state index in [-0.39, 0.29) is 0 Å². The minimum atomic E-state index is 0.314. The summed E-state index contributed by atoms with van der Waals surface area (Å²) in [6.45, 7) is 9.20. The lowest BCUT2D eigenvalue weighted by atomic mass is 9.92. The van der Waals surface area contributed by atoms with E-state index in [9.17, 15) is 0 Å². The first-order chi connectivity index (χ1) is 9.21. The second-order valence-corrected chi connectivity index (χ2v) is 9.11. The van der Waals surface area contributed by atoms with Gasteiger partial charge in [0.2, 0.25) is 0 Å². The Labute approximate surface area is 138 Å². The molecule has 0 aliphatic heterocycles. The Morgan fingerprint density at radius 1 is 0.850 bits per heavy atom. The standard InChI is InChI=1S/C15H31Br.C3H9N/c1-5-6-7-8-9-10-11-12-13-14(2)15(3,4)16;1-4(2)3/h14H,5-13H2,1-4H3;1-3H3. The van der Waals surface area contributed by atoms with Gasteiger partial charge in [-0.15, -0.1) is 0 Å². The molecule has 0 rings (SSSR count). The van der Waals surface area contributed by atoms with Crippen LogP contribution in [0.3, 0.4) is 0 Å². The molecule has 0 aliphatic rings. The van der Waals surface area contributed by atoms with Crippen molar-refractivity contribution in [2.45, 2.75) is 89.8 Å². The number of rotatable bonds is 10.